The van der Waals surface area contributed by atoms with Crippen molar-refractivity contribution in [2.24, 2.45) is 17.8 Å². The number of carbonyl (C=O) groups excluding carboxylic acids is 1. The van der Waals surface area contributed by atoms with Crippen LogP contribution in [0.3, 0.4) is 0 Å². The largest absolute Gasteiger partial charge is 0.349 e. The van der Waals surface area contributed by atoms with Crippen molar-refractivity contribution in [3.05, 3.63) is 30.1 Å². The van der Waals surface area contributed by atoms with Gasteiger partial charge in [-0.15, -0.1) is 0 Å². The fourth-order valence-corrected chi connectivity index (χ4v) is 6.90. The summed E-state index contributed by atoms with van der Waals surface area (Å²) in [7, 11) is -1.04. The minimum Gasteiger partial charge on any atom is -0.349 e. The number of hydrogen-bond acceptors (Lipinski definition) is 3. The van der Waals surface area contributed by atoms with E-state index in [9.17, 15) is 17.6 Å². The lowest BCUT2D eigenvalue weighted by molar-refractivity contribution is -0.125. The quantitative estimate of drug-likeness (QED) is 0.785. The Bertz CT molecular complexity index is 819. The van der Waals surface area contributed by atoms with Gasteiger partial charge in [0.25, 0.3) is 0 Å². The molecule has 0 heterocycles. The first-order chi connectivity index (χ1) is 13.2. The molecule has 0 radical (unpaired) electrons. The standard InChI is InChI=1S/C20H28FN3O3S/c1-23(2)28(26,27)24(18-5-3-17(21)4-6-18)13-19(25)22-20-10-14-7-15(11-20)9-16(8-14)12-20/h3-6,14-16H,7-13H2,1-2H3,(H,22,25). The van der Waals surface area contributed by atoms with E-state index >= 15 is 0 Å². The number of nitrogens with one attached hydrogen (secondary N) is 1. The average Bonchev–Trinajstić information content (AvgIpc) is 2.58. The van der Waals surface area contributed by atoms with Gasteiger partial charge in [0.15, 0.2) is 0 Å². The second-order valence-electron chi connectivity index (χ2n) is 9.02. The van der Waals surface area contributed by atoms with E-state index < -0.39 is 16.0 Å². The Hall–Kier alpha value is -1.67. The number of benzene rings is 1. The number of halogens is 1. The highest BCUT2D eigenvalue weighted by Gasteiger charge is 2.51. The molecule has 154 valence electrons. The zero-order chi connectivity index (χ0) is 20.1. The van der Waals surface area contributed by atoms with Gasteiger partial charge < -0.3 is 5.32 Å². The lowest BCUT2D eigenvalue weighted by atomic mass is 9.53. The third-order valence-corrected chi connectivity index (χ3v) is 8.40. The van der Waals surface area contributed by atoms with E-state index in [2.05, 4.69) is 5.32 Å². The Balaban J connectivity index is 1.53. The van der Waals surface area contributed by atoms with Crippen molar-refractivity contribution < 1.29 is 17.6 Å². The molecule has 0 aliphatic heterocycles. The van der Waals surface area contributed by atoms with Crippen LogP contribution in [-0.2, 0) is 15.0 Å². The Morgan fingerprint density at radius 1 is 1.07 bits per heavy atom. The molecule has 4 aliphatic carbocycles. The molecule has 1 aromatic rings. The van der Waals surface area contributed by atoms with Gasteiger partial charge >= 0.3 is 10.2 Å². The molecular weight excluding hydrogens is 381 g/mol. The van der Waals surface area contributed by atoms with Crippen LogP contribution in [-0.4, -0.2) is 44.8 Å². The van der Waals surface area contributed by atoms with E-state index in [0.29, 0.717) is 17.8 Å². The molecule has 0 unspecified atom stereocenters. The molecule has 1 aromatic carbocycles. The van der Waals surface area contributed by atoms with Crippen LogP contribution < -0.4 is 9.62 Å². The molecule has 0 aromatic heterocycles. The molecule has 6 nitrogen and oxygen atoms in total. The molecule has 1 N–H and O–H groups in total. The van der Waals surface area contributed by atoms with Crippen LogP contribution in [0.1, 0.15) is 38.5 Å². The molecule has 0 spiro atoms. The topological polar surface area (TPSA) is 69.7 Å². The zero-order valence-electron chi connectivity index (χ0n) is 16.4. The summed E-state index contributed by atoms with van der Waals surface area (Å²) in [4.78, 5) is 12.9. The molecule has 1 amide bonds. The van der Waals surface area contributed by atoms with Gasteiger partial charge in [-0.05, 0) is 80.5 Å². The number of carbonyl (C=O) groups is 1. The Kier molecular flexibility index (Phi) is 4.90. The highest BCUT2D eigenvalue weighted by atomic mass is 32.2. The number of nitrogens with zero attached hydrogens (tertiary/aromatic N) is 2. The Labute approximate surface area is 166 Å². The highest BCUT2D eigenvalue weighted by molar-refractivity contribution is 7.90. The molecule has 5 rings (SSSR count). The van der Waals surface area contributed by atoms with E-state index in [0.717, 1.165) is 27.9 Å². The predicted octanol–water partition coefficient (Wildman–Crippen LogP) is 2.52. The number of hydrogen-bond donors (Lipinski definition) is 1. The summed E-state index contributed by atoms with van der Waals surface area (Å²) in [6.45, 7) is -0.312. The highest BCUT2D eigenvalue weighted by Crippen LogP contribution is 2.55. The molecule has 4 fully saturated rings. The van der Waals surface area contributed by atoms with E-state index in [1.165, 1.54) is 57.6 Å². The average molecular weight is 410 g/mol. The third-order valence-electron chi connectivity index (χ3n) is 6.58. The monoisotopic (exact) mass is 409 g/mol. The van der Waals surface area contributed by atoms with Gasteiger partial charge in [-0.25, -0.2) is 8.70 Å². The van der Waals surface area contributed by atoms with Crippen molar-refractivity contribution >= 4 is 21.8 Å². The fourth-order valence-electron chi connectivity index (χ4n) is 5.84. The first-order valence-electron chi connectivity index (χ1n) is 9.94. The minimum absolute atomic E-state index is 0.178. The molecular formula is C20H28FN3O3S. The van der Waals surface area contributed by atoms with Gasteiger partial charge in [-0.3, -0.25) is 4.79 Å². The van der Waals surface area contributed by atoms with Gasteiger partial charge in [-0.1, -0.05) is 0 Å². The first kappa shape index (κ1) is 19.6. The fraction of sp³-hybridized carbons (Fsp3) is 0.650. The number of rotatable bonds is 6. The molecule has 4 aliphatic rings. The normalized spacial score (nSPS) is 31.2. The summed E-state index contributed by atoms with van der Waals surface area (Å²) in [5, 5.41) is 3.21. The summed E-state index contributed by atoms with van der Waals surface area (Å²) >= 11 is 0. The maximum absolute atomic E-state index is 13.3. The van der Waals surface area contributed by atoms with Gasteiger partial charge in [0.05, 0.1) is 5.69 Å². The number of amides is 1. The van der Waals surface area contributed by atoms with Crippen molar-refractivity contribution in [3.8, 4) is 0 Å². The van der Waals surface area contributed by atoms with Gasteiger partial charge in [0, 0.05) is 19.6 Å². The SMILES string of the molecule is CN(C)S(=O)(=O)N(CC(=O)NC12CC3CC(CC(C3)C1)C2)c1ccc(F)cc1. The summed E-state index contributed by atoms with van der Waals surface area (Å²) in [6.07, 6.45) is 6.81. The lowest BCUT2D eigenvalue weighted by Crippen LogP contribution is -2.61. The summed E-state index contributed by atoms with van der Waals surface area (Å²) in [6, 6.07) is 5.16. The van der Waals surface area contributed by atoms with E-state index in [4.69, 9.17) is 0 Å². The Morgan fingerprint density at radius 3 is 2.04 bits per heavy atom. The Morgan fingerprint density at radius 2 is 1.57 bits per heavy atom. The molecule has 0 atom stereocenters. The van der Waals surface area contributed by atoms with Crippen LogP contribution in [0, 0.1) is 23.6 Å². The molecule has 8 heteroatoms. The zero-order valence-corrected chi connectivity index (χ0v) is 17.2. The van der Waals surface area contributed by atoms with Crippen molar-refractivity contribution in [1.82, 2.24) is 9.62 Å². The molecule has 0 saturated heterocycles. The van der Waals surface area contributed by atoms with Crippen LogP contribution in [0.4, 0.5) is 10.1 Å². The molecule has 4 bridgehead atoms. The van der Waals surface area contributed by atoms with E-state index in [1.807, 2.05) is 0 Å². The smallest absolute Gasteiger partial charge is 0.304 e. The van der Waals surface area contributed by atoms with Crippen molar-refractivity contribution in [3.63, 3.8) is 0 Å². The van der Waals surface area contributed by atoms with Crippen LogP contribution in [0.15, 0.2) is 24.3 Å². The van der Waals surface area contributed by atoms with Crippen molar-refractivity contribution in [2.45, 2.75) is 44.1 Å². The van der Waals surface area contributed by atoms with E-state index in [-0.39, 0.29) is 23.7 Å². The maximum atomic E-state index is 13.3. The van der Waals surface area contributed by atoms with Gasteiger partial charge in [0.2, 0.25) is 5.91 Å². The minimum atomic E-state index is -3.88. The second-order valence-corrected chi connectivity index (χ2v) is 11.1. The number of anilines is 1. The maximum Gasteiger partial charge on any atom is 0.304 e. The van der Waals surface area contributed by atoms with Crippen LogP contribution >= 0.6 is 0 Å². The molecule has 28 heavy (non-hydrogen) atoms. The molecule has 4 saturated carbocycles. The first-order valence-corrected chi connectivity index (χ1v) is 11.3. The van der Waals surface area contributed by atoms with Crippen LogP contribution in [0.25, 0.3) is 0 Å². The summed E-state index contributed by atoms with van der Waals surface area (Å²) < 4.78 is 41.0. The van der Waals surface area contributed by atoms with Crippen LogP contribution in [0.5, 0.6) is 0 Å². The van der Waals surface area contributed by atoms with Crippen molar-refractivity contribution in [2.75, 3.05) is 24.9 Å². The van der Waals surface area contributed by atoms with Crippen LogP contribution in [0.2, 0.25) is 0 Å². The predicted molar refractivity (Wildman–Crippen MR) is 105 cm³/mol. The second kappa shape index (κ2) is 6.99. The van der Waals surface area contributed by atoms with E-state index in [1.54, 1.807) is 0 Å². The van der Waals surface area contributed by atoms with Gasteiger partial charge in [-0.2, -0.15) is 12.7 Å². The third kappa shape index (κ3) is 3.64. The summed E-state index contributed by atoms with van der Waals surface area (Å²) in [5.74, 6) is 1.31. The summed E-state index contributed by atoms with van der Waals surface area (Å²) in [5.41, 5.74) is 0.0955. The van der Waals surface area contributed by atoms with Gasteiger partial charge in [0.1, 0.15) is 12.4 Å². The van der Waals surface area contributed by atoms with Crippen molar-refractivity contribution in [1.29, 1.82) is 0 Å². The lowest BCUT2D eigenvalue weighted by Gasteiger charge is -2.57.